The normalized spacial score (nSPS) is 12.2. The molecular formula is C36H49N3O4. The maximum atomic E-state index is 12.9. The van der Waals surface area contributed by atoms with Gasteiger partial charge in [-0.15, -0.1) is 0 Å². The molecule has 0 spiro atoms. The van der Waals surface area contributed by atoms with Gasteiger partial charge < -0.3 is 4.74 Å². The lowest BCUT2D eigenvalue weighted by molar-refractivity contribution is -0.131. The minimum absolute atomic E-state index is 0.0933. The summed E-state index contributed by atoms with van der Waals surface area (Å²) in [6.07, 6.45) is 8.07. The highest BCUT2D eigenvalue weighted by Gasteiger charge is 2.38. The number of rotatable bonds is 12. The fourth-order valence-electron chi connectivity index (χ4n) is 4.75. The molecule has 232 valence electrons. The van der Waals surface area contributed by atoms with E-state index in [9.17, 15) is 14.4 Å². The van der Waals surface area contributed by atoms with Crippen LogP contribution in [0.3, 0.4) is 0 Å². The molecule has 0 radical (unpaired) electrons. The lowest BCUT2D eigenvalue weighted by Crippen LogP contribution is -2.40. The van der Waals surface area contributed by atoms with Gasteiger partial charge in [-0.3, -0.25) is 29.7 Å². The van der Waals surface area contributed by atoms with Gasteiger partial charge in [-0.25, -0.2) is 0 Å². The van der Waals surface area contributed by atoms with E-state index >= 15 is 0 Å². The Morgan fingerprint density at radius 3 is 2.21 bits per heavy atom. The molecule has 3 aromatic rings. The predicted octanol–water partition coefficient (Wildman–Crippen LogP) is 7.95. The van der Waals surface area contributed by atoms with Crippen LogP contribution in [0.4, 0.5) is 0 Å². The van der Waals surface area contributed by atoms with Crippen molar-refractivity contribution in [3.05, 3.63) is 94.6 Å². The lowest BCUT2D eigenvalue weighted by atomic mass is 9.73. The van der Waals surface area contributed by atoms with Gasteiger partial charge in [-0.2, -0.15) is 0 Å². The zero-order valence-corrected chi connectivity index (χ0v) is 27.4. The van der Waals surface area contributed by atoms with E-state index in [0.29, 0.717) is 12.8 Å². The van der Waals surface area contributed by atoms with Crippen LogP contribution < -0.4 is 10.1 Å². The summed E-state index contributed by atoms with van der Waals surface area (Å²) in [4.78, 5) is 44.4. The van der Waals surface area contributed by atoms with Crippen LogP contribution >= 0.6 is 0 Å². The molecule has 0 aliphatic carbocycles. The van der Waals surface area contributed by atoms with Crippen LogP contribution in [0.25, 0.3) is 5.57 Å². The molecule has 0 unspecified atom stereocenters. The van der Waals surface area contributed by atoms with Gasteiger partial charge in [0.15, 0.2) is 5.78 Å². The number of imide groups is 1. The van der Waals surface area contributed by atoms with Gasteiger partial charge in [0.2, 0.25) is 12.3 Å². The summed E-state index contributed by atoms with van der Waals surface area (Å²) in [5.41, 5.74) is 5.49. The lowest BCUT2D eigenvalue weighted by Gasteiger charge is -2.32. The molecule has 0 saturated heterocycles. The van der Waals surface area contributed by atoms with Crippen LogP contribution in [0.5, 0.6) is 5.75 Å². The number of pyridine rings is 2. The van der Waals surface area contributed by atoms with Gasteiger partial charge in [0.05, 0.1) is 23.9 Å². The van der Waals surface area contributed by atoms with Gasteiger partial charge >= 0.3 is 0 Å². The number of ether oxygens (including phenoxy) is 1. The standard InChI is InChI=1S/C23H29N3O2.C11H14O2.C2H6/c1-5-7-12-18(23(4,6-2)22(28)26-16-27)20(19-13-8-9-14-24-19)21-17(3)11-10-15-25-21;1-4-9-5-6-10(13-3)7-11(9)8(2)12;1-2/h8-11,13-16H,5-7,12H2,1-4H3,(H,26,27,28);5-7H,4H2,1-3H3;1-2H3/b20-18+;;/t23-;;/m1../s1. The average Bonchev–Trinajstić information content (AvgIpc) is 3.04. The summed E-state index contributed by atoms with van der Waals surface area (Å²) in [6.45, 7) is 15.6. The first-order chi connectivity index (χ1) is 20.7. The van der Waals surface area contributed by atoms with E-state index in [2.05, 4.69) is 22.2 Å². The number of ketones is 1. The third-order valence-electron chi connectivity index (χ3n) is 7.39. The molecule has 0 fully saturated rings. The molecule has 43 heavy (non-hydrogen) atoms. The first-order valence-electron chi connectivity index (χ1n) is 15.2. The third-order valence-corrected chi connectivity index (χ3v) is 7.39. The summed E-state index contributed by atoms with van der Waals surface area (Å²) in [5.74, 6) is 0.538. The number of aromatic nitrogens is 2. The minimum Gasteiger partial charge on any atom is -0.497 e. The molecule has 7 heteroatoms. The Morgan fingerprint density at radius 2 is 1.70 bits per heavy atom. The van der Waals surface area contributed by atoms with Crippen molar-refractivity contribution in [3.63, 3.8) is 0 Å². The number of methoxy groups -OCH3 is 1. The zero-order chi connectivity index (χ0) is 32.4. The summed E-state index contributed by atoms with van der Waals surface area (Å²) < 4.78 is 5.05. The van der Waals surface area contributed by atoms with E-state index in [4.69, 9.17) is 4.74 Å². The molecule has 2 aromatic heterocycles. The van der Waals surface area contributed by atoms with E-state index in [1.54, 1.807) is 32.5 Å². The van der Waals surface area contributed by atoms with E-state index in [1.807, 2.05) is 84.0 Å². The van der Waals surface area contributed by atoms with Crippen molar-refractivity contribution in [1.82, 2.24) is 15.3 Å². The first-order valence-corrected chi connectivity index (χ1v) is 15.2. The van der Waals surface area contributed by atoms with Gasteiger partial charge in [-0.05, 0) is 93.5 Å². The molecule has 2 amide bonds. The number of Topliss-reactive ketones (excluding diaryl/α,β-unsaturated/α-hetero) is 1. The number of amides is 2. The van der Waals surface area contributed by atoms with Crippen molar-refractivity contribution in [2.45, 2.75) is 87.5 Å². The number of hydrogen-bond donors (Lipinski definition) is 1. The highest BCUT2D eigenvalue weighted by atomic mass is 16.5. The molecule has 7 nitrogen and oxygen atoms in total. The zero-order valence-electron chi connectivity index (χ0n) is 27.4. The Kier molecular flexibility index (Phi) is 16.4. The number of aryl methyl sites for hydroxylation is 2. The Balaban J connectivity index is 0.000000514. The van der Waals surface area contributed by atoms with Gasteiger partial charge in [0.1, 0.15) is 5.75 Å². The fraction of sp³-hybridized carbons (Fsp3) is 0.417. The molecule has 0 bridgehead atoms. The van der Waals surface area contributed by atoms with Crippen molar-refractivity contribution in [2.75, 3.05) is 7.11 Å². The van der Waals surface area contributed by atoms with E-state index in [1.165, 1.54) is 0 Å². The van der Waals surface area contributed by atoms with E-state index in [-0.39, 0.29) is 11.7 Å². The van der Waals surface area contributed by atoms with Crippen molar-refractivity contribution in [2.24, 2.45) is 5.41 Å². The van der Waals surface area contributed by atoms with Gasteiger partial charge in [0.25, 0.3) is 0 Å². The Labute approximate surface area is 258 Å². The van der Waals surface area contributed by atoms with Crippen LogP contribution in [-0.2, 0) is 16.0 Å². The maximum absolute atomic E-state index is 12.9. The topological polar surface area (TPSA) is 98.2 Å². The molecule has 2 heterocycles. The van der Waals surface area contributed by atoms with Crippen molar-refractivity contribution >= 4 is 23.7 Å². The van der Waals surface area contributed by atoms with Crippen molar-refractivity contribution < 1.29 is 19.1 Å². The summed E-state index contributed by atoms with van der Waals surface area (Å²) in [6, 6.07) is 15.3. The summed E-state index contributed by atoms with van der Waals surface area (Å²) >= 11 is 0. The van der Waals surface area contributed by atoms with Crippen LogP contribution in [0.1, 0.15) is 107 Å². The second kappa shape index (κ2) is 19.1. The highest BCUT2D eigenvalue weighted by Crippen LogP contribution is 2.42. The number of nitrogens with zero attached hydrogens (tertiary/aromatic N) is 2. The van der Waals surface area contributed by atoms with Crippen LogP contribution in [0.2, 0.25) is 0 Å². The quantitative estimate of drug-likeness (QED) is 0.171. The van der Waals surface area contributed by atoms with Crippen LogP contribution in [0.15, 0.2) is 66.5 Å². The average molecular weight is 588 g/mol. The summed E-state index contributed by atoms with van der Waals surface area (Å²) in [7, 11) is 1.60. The van der Waals surface area contributed by atoms with Crippen molar-refractivity contribution in [1.29, 1.82) is 0 Å². The summed E-state index contributed by atoms with van der Waals surface area (Å²) in [5, 5.41) is 2.37. The second-order valence-corrected chi connectivity index (χ2v) is 10.1. The highest BCUT2D eigenvalue weighted by molar-refractivity contribution is 5.96. The Morgan fingerprint density at radius 1 is 1.00 bits per heavy atom. The molecule has 3 rings (SSSR count). The second-order valence-electron chi connectivity index (χ2n) is 10.1. The van der Waals surface area contributed by atoms with Crippen LogP contribution in [0, 0.1) is 12.3 Å². The molecule has 1 atom stereocenters. The number of benzene rings is 1. The maximum Gasteiger partial charge on any atom is 0.236 e. The third kappa shape index (κ3) is 9.98. The molecule has 0 aliphatic rings. The number of hydrogen-bond acceptors (Lipinski definition) is 6. The number of carbonyl (C=O) groups is 3. The van der Waals surface area contributed by atoms with Gasteiger partial charge in [-0.1, -0.05) is 59.2 Å². The number of nitrogens with one attached hydrogen (secondary N) is 1. The minimum atomic E-state index is -0.840. The molecule has 1 aromatic carbocycles. The number of carbonyl (C=O) groups excluding carboxylic acids is 3. The molecule has 0 saturated carbocycles. The molecule has 1 N–H and O–H groups in total. The number of unbranched alkanes of at least 4 members (excludes halogenated alkanes) is 1. The van der Waals surface area contributed by atoms with Gasteiger partial charge in [0, 0.05) is 23.5 Å². The monoisotopic (exact) mass is 587 g/mol. The molecular weight excluding hydrogens is 538 g/mol. The first kappa shape index (κ1) is 36.9. The smallest absolute Gasteiger partial charge is 0.236 e. The Bertz CT molecular complexity index is 1350. The van der Waals surface area contributed by atoms with E-state index in [0.717, 1.165) is 70.7 Å². The molecule has 0 aliphatic heterocycles. The van der Waals surface area contributed by atoms with Crippen molar-refractivity contribution in [3.8, 4) is 5.75 Å². The fourth-order valence-corrected chi connectivity index (χ4v) is 4.75. The van der Waals surface area contributed by atoms with E-state index < -0.39 is 5.41 Å². The largest absolute Gasteiger partial charge is 0.497 e. The van der Waals surface area contributed by atoms with Crippen LogP contribution in [-0.4, -0.2) is 35.2 Å². The Hall–Kier alpha value is -4.13. The SMILES string of the molecule is CC.CCCC/C(=C(/c1ccccn1)c1ncccc1C)[C@@](C)(CC)C(=O)NC=O.CCc1ccc(OC)cc1C(C)=O. The predicted molar refractivity (Wildman–Crippen MR) is 175 cm³/mol.